The summed E-state index contributed by atoms with van der Waals surface area (Å²) in [4.78, 5) is 11.8. The Hall–Kier alpha value is -0.770. The van der Waals surface area contributed by atoms with E-state index in [2.05, 4.69) is 5.32 Å². The molecule has 2 atom stereocenters. The number of carbonyl (C=O) groups excluding carboxylic acids is 1. The van der Waals surface area contributed by atoms with Crippen molar-refractivity contribution in [2.75, 3.05) is 0 Å². The molecule has 2 unspecified atom stereocenters. The largest absolute Gasteiger partial charge is 0.444 e. The molecule has 1 amide bonds. The third-order valence-corrected chi connectivity index (χ3v) is 4.98. The minimum atomic E-state index is -0.430. The van der Waals surface area contributed by atoms with Crippen molar-refractivity contribution >= 4 is 6.09 Å². The number of nitrogens with two attached hydrogens (primary N) is 1. The molecule has 0 radical (unpaired) electrons. The van der Waals surface area contributed by atoms with Crippen molar-refractivity contribution in [2.24, 2.45) is 16.6 Å². The summed E-state index contributed by atoms with van der Waals surface area (Å²) in [7, 11) is 0. The highest BCUT2D eigenvalue weighted by Crippen LogP contribution is 2.73. The van der Waals surface area contributed by atoms with Gasteiger partial charge in [-0.3, -0.25) is 0 Å². The van der Waals surface area contributed by atoms with Crippen molar-refractivity contribution in [1.82, 2.24) is 5.32 Å². The maximum Gasteiger partial charge on any atom is 0.407 e. The number of alkyl carbamates (subject to hydrolysis) is 1. The lowest BCUT2D eigenvalue weighted by Crippen LogP contribution is -2.72. The van der Waals surface area contributed by atoms with Crippen LogP contribution in [0.3, 0.4) is 0 Å². The topological polar surface area (TPSA) is 64.3 Å². The Morgan fingerprint density at radius 2 is 1.94 bits per heavy atom. The van der Waals surface area contributed by atoms with Crippen LogP contribution in [0.5, 0.6) is 0 Å². The highest BCUT2D eigenvalue weighted by molar-refractivity contribution is 5.68. The molecule has 0 aromatic heterocycles. The van der Waals surface area contributed by atoms with Gasteiger partial charge in [0.05, 0.1) is 0 Å². The molecule has 3 aliphatic rings. The van der Waals surface area contributed by atoms with Gasteiger partial charge in [-0.15, -0.1) is 0 Å². The first-order valence-electron chi connectivity index (χ1n) is 7.00. The normalized spacial score (nSPS) is 34.7. The Balaban J connectivity index is 1.56. The second-order valence-electron chi connectivity index (χ2n) is 7.63. The number of carbonyl (C=O) groups is 1. The average molecular weight is 252 g/mol. The molecule has 2 spiro atoms. The number of rotatable bonds is 1. The van der Waals surface area contributed by atoms with Gasteiger partial charge in [0.1, 0.15) is 5.60 Å². The van der Waals surface area contributed by atoms with E-state index in [1.54, 1.807) is 0 Å². The Bertz CT molecular complexity index is 374. The zero-order chi connectivity index (χ0) is 13.2. The smallest absolute Gasteiger partial charge is 0.407 e. The minimum Gasteiger partial charge on any atom is -0.444 e. The van der Waals surface area contributed by atoms with Crippen LogP contribution in [0.1, 0.15) is 52.9 Å². The number of ether oxygens (including phenoxy) is 1. The Morgan fingerprint density at radius 3 is 2.39 bits per heavy atom. The van der Waals surface area contributed by atoms with Crippen LogP contribution in [0, 0.1) is 10.8 Å². The lowest BCUT2D eigenvalue weighted by atomic mass is 9.45. The molecule has 0 aliphatic heterocycles. The number of amides is 1. The molecular weight excluding hydrogens is 228 g/mol. The van der Waals surface area contributed by atoms with Crippen LogP contribution in [-0.2, 0) is 4.74 Å². The predicted molar refractivity (Wildman–Crippen MR) is 69.1 cm³/mol. The van der Waals surface area contributed by atoms with Crippen molar-refractivity contribution in [3.63, 3.8) is 0 Å². The summed E-state index contributed by atoms with van der Waals surface area (Å²) < 4.78 is 5.32. The molecule has 102 valence electrons. The number of hydrogen-bond donors (Lipinski definition) is 2. The van der Waals surface area contributed by atoms with Crippen molar-refractivity contribution in [3.05, 3.63) is 0 Å². The number of hydrogen-bond acceptors (Lipinski definition) is 3. The molecule has 3 rings (SSSR count). The van der Waals surface area contributed by atoms with E-state index in [0.29, 0.717) is 5.41 Å². The lowest BCUT2D eigenvalue weighted by Gasteiger charge is -2.64. The second-order valence-corrected chi connectivity index (χ2v) is 7.63. The van der Waals surface area contributed by atoms with E-state index in [4.69, 9.17) is 10.5 Å². The summed E-state index contributed by atoms with van der Waals surface area (Å²) in [6.45, 7) is 5.66. The van der Waals surface area contributed by atoms with Crippen LogP contribution in [0.15, 0.2) is 0 Å². The summed E-state index contributed by atoms with van der Waals surface area (Å²) >= 11 is 0. The van der Waals surface area contributed by atoms with Gasteiger partial charge in [-0.25, -0.2) is 4.79 Å². The summed E-state index contributed by atoms with van der Waals surface area (Å²) in [6, 6.07) is 0.497. The predicted octanol–water partition coefficient (Wildman–Crippen LogP) is 2.17. The molecular formula is C14H24N2O2. The van der Waals surface area contributed by atoms with E-state index < -0.39 is 5.60 Å². The molecule has 4 nitrogen and oxygen atoms in total. The van der Waals surface area contributed by atoms with E-state index in [1.165, 1.54) is 25.7 Å². The monoisotopic (exact) mass is 252 g/mol. The molecule has 0 saturated heterocycles. The van der Waals surface area contributed by atoms with Gasteiger partial charge in [0.2, 0.25) is 0 Å². The molecule has 0 heterocycles. The maximum absolute atomic E-state index is 11.8. The van der Waals surface area contributed by atoms with E-state index in [9.17, 15) is 4.79 Å². The maximum atomic E-state index is 11.8. The average Bonchev–Trinajstić information content (AvgIpc) is 2.90. The van der Waals surface area contributed by atoms with Gasteiger partial charge in [0.15, 0.2) is 0 Å². The molecule has 0 aromatic carbocycles. The molecule has 3 saturated carbocycles. The zero-order valence-electron chi connectivity index (χ0n) is 11.6. The first kappa shape index (κ1) is 12.3. The van der Waals surface area contributed by atoms with E-state index in [0.717, 1.165) is 6.42 Å². The van der Waals surface area contributed by atoms with E-state index in [1.807, 2.05) is 20.8 Å². The third-order valence-electron chi connectivity index (χ3n) is 4.98. The Morgan fingerprint density at radius 1 is 1.33 bits per heavy atom. The van der Waals surface area contributed by atoms with Crippen molar-refractivity contribution in [1.29, 1.82) is 0 Å². The van der Waals surface area contributed by atoms with Gasteiger partial charge in [0.25, 0.3) is 0 Å². The first-order chi connectivity index (χ1) is 8.25. The van der Waals surface area contributed by atoms with E-state index >= 15 is 0 Å². The van der Waals surface area contributed by atoms with Crippen LogP contribution in [0.2, 0.25) is 0 Å². The highest BCUT2D eigenvalue weighted by Gasteiger charge is 2.69. The van der Waals surface area contributed by atoms with Crippen molar-refractivity contribution in [2.45, 2.75) is 70.6 Å². The Kier molecular flexibility index (Phi) is 2.32. The van der Waals surface area contributed by atoms with Crippen LogP contribution < -0.4 is 11.1 Å². The van der Waals surface area contributed by atoms with Gasteiger partial charge in [0, 0.05) is 17.5 Å². The molecule has 3 aliphatic carbocycles. The molecule has 3 N–H and O–H groups in total. The fraction of sp³-hybridized carbons (Fsp3) is 0.929. The van der Waals surface area contributed by atoms with Gasteiger partial charge < -0.3 is 15.8 Å². The fourth-order valence-electron chi connectivity index (χ4n) is 3.86. The van der Waals surface area contributed by atoms with Gasteiger partial charge in [-0.2, -0.15) is 0 Å². The van der Waals surface area contributed by atoms with Crippen LogP contribution in [-0.4, -0.2) is 23.8 Å². The van der Waals surface area contributed by atoms with Gasteiger partial charge in [-0.1, -0.05) is 0 Å². The summed E-state index contributed by atoms with van der Waals surface area (Å²) in [5.74, 6) is 0. The molecule has 0 bridgehead atoms. The summed E-state index contributed by atoms with van der Waals surface area (Å²) in [6.07, 6.45) is 5.75. The molecule has 18 heavy (non-hydrogen) atoms. The molecule has 4 heteroatoms. The molecule has 3 fully saturated rings. The van der Waals surface area contributed by atoms with Crippen molar-refractivity contribution < 1.29 is 9.53 Å². The fourth-order valence-corrected chi connectivity index (χ4v) is 3.86. The lowest BCUT2D eigenvalue weighted by molar-refractivity contribution is -0.0955. The standard InChI is InChI=1S/C14H24N2O2/c1-12(2,3)18-11(17)16-10-6-9(15)14(10)7-13(8-14)4-5-13/h9-10H,4-8,15H2,1-3H3,(H,16,17). The second kappa shape index (κ2) is 3.41. The third kappa shape index (κ3) is 1.81. The number of nitrogens with one attached hydrogen (secondary N) is 1. The van der Waals surface area contributed by atoms with Gasteiger partial charge >= 0.3 is 6.09 Å². The molecule has 0 aromatic rings. The van der Waals surface area contributed by atoms with Crippen molar-refractivity contribution in [3.8, 4) is 0 Å². The van der Waals surface area contributed by atoms with E-state index in [-0.39, 0.29) is 23.6 Å². The minimum absolute atomic E-state index is 0.188. The zero-order valence-corrected chi connectivity index (χ0v) is 11.6. The van der Waals surface area contributed by atoms with Crippen LogP contribution in [0.4, 0.5) is 4.79 Å². The highest BCUT2D eigenvalue weighted by atomic mass is 16.6. The Labute approximate surface area is 109 Å². The first-order valence-corrected chi connectivity index (χ1v) is 7.00. The van der Waals surface area contributed by atoms with Gasteiger partial charge in [-0.05, 0) is 58.3 Å². The van der Waals surface area contributed by atoms with Crippen LogP contribution >= 0.6 is 0 Å². The summed E-state index contributed by atoms with van der Waals surface area (Å²) in [5, 5.41) is 3.02. The quantitative estimate of drug-likeness (QED) is 0.751. The SMILES string of the molecule is CC(C)(C)OC(=O)NC1CC(N)C12CC1(CC1)C2. The van der Waals surface area contributed by atoms with Crippen LogP contribution in [0.25, 0.3) is 0 Å². The summed E-state index contributed by atoms with van der Waals surface area (Å²) in [5.41, 5.74) is 6.54.